The van der Waals surface area contributed by atoms with Crippen molar-refractivity contribution in [2.45, 2.75) is 64.6 Å². The van der Waals surface area contributed by atoms with Crippen molar-refractivity contribution in [3.63, 3.8) is 0 Å². The predicted octanol–water partition coefficient (Wildman–Crippen LogP) is 2.51. The van der Waals surface area contributed by atoms with Gasteiger partial charge in [-0.15, -0.1) is 0 Å². The van der Waals surface area contributed by atoms with Crippen LogP contribution in [0.3, 0.4) is 0 Å². The van der Waals surface area contributed by atoms with E-state index in [1.54, 1.807) is 0 Å². The summed E-state index contributed by atoms with van der Waals surface area (Å²) in [6.07, 6.45) is 5.77. The van der Waals surface area contributed by atoms with Gasteiger partial charge in [0.25, 0.3) is 0 Å². The monoisotopic (exact) mass is 268 g/mol. The van der Waals surface area contributed by atoms with Crippen LogP contribution >= 0.6 is 0 Å². The molecule has 1 aliphatic carbocycles. The summed E-state index contributed by atoms with van der Waals surface area (Å²) in [5, 5.41) is 3.72. The molecule has 0 amide bonds. The van der Waals surface area contributed by atoms with E-state index in [1.165, 1.54) is 32.2 Å². The summed E-state index contributed by atoms with van der Waals surface area (Å²) in [6, 6.07) is 1.41. The lowest BCUT2D eigenvalue weighted by Crippen LogP contribution is -2.53. The second-order valence-electron chi connectivity index (χ2n) is 6.69. The van der Waals surface area contributed by atoms with E-state index in [9.17, 15) is 0 Å². The predicted molar refractivity (Wildman–Crippen MR) is 80.4 cm³/mol. The molecule has 0 spiro atoms. The molecule has 2 fully saturated rings. The quantitative estimate of drug-likeness (QED) is 0.829. The molecular weight excluding hydrogens is 236 g/mol. The lowest BCUT2D eigenvalue weighted by atomic mass is 9.76. The maximum atomic E-state index is 5.54. The highest BCUT2D eigenvalue weighted by Crippen LogP contribution is 2.34. The van der Waals surface area contributed by atoms with Gasteiger partial charge in [-0.25, -0.2) is 0 Å². The van der Waals surface area contributed by atoms with E-state index in [2.05, 4.69) is 31.0 Å². The molecule has 0 aromatic heterocycles. The van der Waals surface area contributed by atoms with Crippen molar-refractivity contribution in [1.82, 2.24) is 10.2 Å². The molecule has 112 valence electrons. The van der Waals surface area contributed by atoms with Crippen molar-refractivity contribution < 1.29 is 4.74 Å². The first-order valence-electron chi connectivity index (χ1n) is 8.15. The molecule has 2 aliphatic rings. The molecule has 4 unspecified atom stereocenters. The number of methoxy groups -OCH3 is 1. The SMILES string of the molecule is CCNC1CCC(C(C)C)CC1N1CCC(OC)C1. The molecule has 3 heteroatoms. The van der Waals surface area contributed by atoms with Crippen LogP contribution in [0.15, 0.2) is 0 Å². The number of nitrogens with one attached hydrogen (secondary N) is 1. The zero-order chi connectivity index (χ0) is 13.8. The molecule has 1 saturated carbocycles. The third kappa shape index (κ3) is 3.71. The highest BCUT2D eigenvalue weighted by atomic mass is 16.5. The van der Waals surface area contributed by atoms with Crippen molar-refractivity contribution in [3.8, 4) is 0 Å². The highest BCUT2D eigenvalue weighted by Gasteiger charge is 2.37. The van der Waals surface area contributed by atoms with E-state index in [4.69, 9.17) is 4.74 Å². The van der Waals surface area contributed by atoms with Crippen LogP contribution in [0.1, 0.15) is 46.5 Å². The second kappa shape index (κ2) is 7.05. The molecule has 1 N–H and O–H groups in total. The van der Waals surface area contributed by atoms with Gasteiger partial charge >= 0.3 is 0 Å². The molecule has 0 radical (unpaired) electrons. The van der Waals surface area contributed by atoms with Gasteiger partial charge in [0.1, 0.15) is 0 Å². The van der Waals surface area contributed by atoms with E-state index >= 15 is 0 Å². The average molecular weight is 268 g/mol. The minimum Gasteiger partial charge on any atom is -0.380 e. The molecule has 19 heavy (non-hydrogen) atoms. The number of hydrogen-bond donors (Lipinski definition) is 1. The van der Waals surface area contributed by atoms with Gasteiger partial charge in [0.2, 0.25) is 0 Å². The Balaban J connectivity index is 1.99. The van der Waals surface area contributed by atoms with Crippen molar-refractivity contribution >= 4 is 0 Å². The molecule has 1 aliphatic heterocycles. The molecule has 1 saturated heterocycles. The van der Waals surface area contributed by atoms with E-state index in [1.807, 2.05) is 7.11 Å². The molecule has 4 atom stereocenters. The molecule has 0 bridgehead atoms. The first kappa shape index (κ1) is 15.3. The number of rotatable bonds is 5. The first-order valence-corrected chi connectivity index (χ1v) is 8.15. The topological polar surface area (TPSA) is 24.5 Å². The standard InChI is InChI=1S/C16H32N2O/c1-5-17-15-7-6-13(12(2)3)10-16(15)18-9-8-14(11-18)19-4/h12-17H,5-11H2,1-4H3. The van der Waals surface area contributed by atoms with Crippen LogP contribution in [0.5, 0.6) is 0 Å². The maximum Gasteiger partial charge on any atom is 0.0710 e. The maximum absolute atomic E-state index is 5.54. The van der Waals surface area contributed by atoms with Gasteiger partial charge in [-0.2, -0.15) is 0 Å². The number of nitrogens with zero attached hydrogens (tertiary/aromatic N) is 1. The summed E-state index contributed by atoms with van der Waals surface area (Å²) < 4.78 is 5.54. The Hall–Kier alpha value is -0.120. The summed E-state index contributed by atoms with van der Waals surface area (Å²) in [5.74, 6) is 1.73. The Kier molecular flexibility index (Phi) is 5.67. The fraction of sp³-hybridized carbons (Fsp3) is 1.00. The van der Waals surface area contributed by atoms with Crippen molar-refractivity contribution in [2.75, 3.05) is 26.7 Å². The number of hydrogen-bond acceptors (Lipinski definition) is 3. The van der Waals surface area contributed by atoms with Crippen molar-refractivity contribution in [1.29, 1.82) is 0 Å². The fourth-order valence-electron chi connectivity index (χ4n) is 3.94. The number of likely N-dealkylation sites (N-methyl/N-ethyl adjacent to an activating group) is 1. The second-order valence-corrected chi connectivity index (χ2v) is 6.69. The van der Waals surface area contributed by atoms with Crippen LogP contribution < -0.4 is 5.32 Å². The zero-order valence-electron chi connectivity index (χ0n) is 13.2. The zero-order valence-corrected chi connectivity index (χ0v) is 13.2. The van der Waals surface area contributed by atoms with E-state index < -0.39 is 0 Å². The Morgan fingerprint density at radius 1 is 1.26 bits per heavy atom. The van der Waals surface area contributed by atoms with E-state index in [0.717, 1.165) is 31.0 Å². The summed E-state index contributed by atoms with van der Waals surface area (Å²) in [4.78, 5) is 2.69. The Morgan fingerprint density at radius 3 is 2.63 bits per heavy atom. The number of ether oxygens (including phenoxy) is 1. The van der Waals surface area contributed by atoms with Gasteiger partial charge in [0.05, 0.1) is 6.10 Å². The van der Waals surface area contributed by atoms with Gasteiger partial charge < -0.3 is 10.1 Å². The molecule has 2 rings (SSSR count). The summed E-state index contributed by atoms with van der Waals surface area (Å²) in [7, 11) is 1.85. The average Bonchev–Trinajstić information content (AvgIpc) is 2.88. The van der Waals surface area contributed by atoms with Crippen molar-refractivity contribution in [2.24, 2.45) is 11.8 Å². The highest BCUT2D eigenvalue weighted by molar-refractivity contribution is 4.94. The number of likely N-dealkylation sites (tertiary alicyclic amines) is 1. The van der Waals surface area contributed by atoms with Crippen molar-refractivity contribution in [3.05, 3.63) is 0 Å². The van der Waals surface area contributed by atoms with Crippen LogP contribution in [-0.4, -0.2) is 49.8 Å². The van der Waals surface area contributed by atoms with Crippen LogP contribution in [-0.2, 0) is 4.74 Å². The van der Waals surface area contributed by atoms with Gasteiger partial charge in [-0.3, -0.25) is 4.90 Å². The Morgan fingerprint density at radius 2 is 2.05 bits per heavy atom. The molecular formula is C16H32N2O. The van der Waals surface area contributed by atoms with Gasteiger partial charge in [0, 0.05) is 32.3 Å². The fourth-order valence-corrected chi connectivity index (χ4v) is 3.94. The molecule has 1 heterocycles. The lowest BCUT2D eigenvalue weighted by molar-refractivity contribution is 0.0708. The van der Waals surface area contributed by atoms with Crippen LogP contribution in [0, 0.1) is 11.8 Å². The lowest BCUT2D eigenvalue weighted by Gasteiger charge is -2.43. The summed E-state index contributed by atoms with van der Waals surface area (Å²) in [6.45, 7) is 10.4. The van der Waals surface area contributed by atoms with Gasteiger partial charge in [-0.1, -0.05) is 20.8 Å². The minimum absolute atomic E-state index is 0.460. The first-order chi connectivity index (χ1) is 9.15. The normalized spacial score (nSPS) is 37.1. The minimum atomic E-state index is 0.460. The molecule has 0 aromatic rings. The smallest absolute Gasteiger partial charge is 0.0710 e. The molecule has 3 nitrogen and oxygen atoms in total. The summed E-state index contributed by atoms with van der Waals surface area (Å²) >= 11 is 0. The summed E-state index contributed by atoms with van der Waals surface area (Å²) in [5.41, 5.74) is 0. The largest absolute Gasteiger partial charge is 0.380 e. The Labute approximate surface area is 119 Å². The van der Waals surface area contributed by atoms with E-state index in [0.29, 0.717) is 12.1 Å². The molecule has 0 aromatic carbocycles. The Bertz CT molecular complexity index is 269. The van der Waals surface area contributed by atoms with Gasteiger partial charge in [0.15, 0.2) is 0 Å². The van der Waals surface area contributed by atoms with Gasteiger partial charge in [-0.05, 0) is 44.1 Å². The third-order valence-corrected chi connectivity index (χ3v) is 5.25. The van der Waals surface area contributed by atoms with Crippen LogP contribution in [0.25, 0.3) is 0 Å². The van der Waals surface area contributed by atoms with E-state index in [-0.39, 0.29) is 0 Å². The van der Waals surface area contributed by atoms with Crippen LogP contribution in [0.2, 0.25) is 0 Å². The third-order valence-electron chi connectivity index (χ3n) is 5.25. The van der Waals surface area contributed by atoms with Crippen LogP contribution in [0.4, 0.5) is 0 Å².